The van der Waals surface area contributed by atoms with Gasteiger partial charge in [-0.1, -0.05) is 11.6 Å². The summed E-state index contributed by atoms with van der Waals surface area (Å²) in [6.07, 6.45) is 4.39. The summed E-state index contributed by atoms with van der Waals surface area (Å²) < 4.78 is 10.9. The molecule has 0 unspecified atom stereocenters. The Hall–Kier alpha value is -1.42. The molecule has 1 aliphatic rings. The quantitative estimate of drug-likeness (QED) is 0.839. The monoisotopic (exact) mass is 269 g/mol. The van der Waals surface area contributed by atoms with Crippen molar-refractivity contribution in [2.75, 3.05) is 7.11 Å². The number of carboxylic acid groups (broad SMARTS) is 1. The van der Waals surface area contributed by atoms with E-state index in [2.05, 4.69) is 0 Å². The minimum atomic E-state index is -1.29. The lowest BCUT2D eigenvalue weighted by Gasteiger charge is -2.18. The van der Waals surface area contributed by atoms with E-state index in [1.165, 1.54) is 19.2 Å². The van der Waals surface area contributed by atoms with Gasteiger partial charge >= 0.3 is 0 Å². The zero-order valence-electron chi connectivity index (χ0n) is 10.1. The molecule has 0 aromatic heterocycles. The van der Waals surface area contributed by atoms with Crippen LogP contribution in [0.1, 0.15) is 36.0 Å². The van der Waals surface area contributed by atoms with Gasteiger partial charge in [-0.05, 0) is 37.8 Å². The molecule has 0 aliphatic heterocycles. The van der Waals surface area contributed by atoms with Gasteiger partial charge < -0.3 is 19.4 Å². The topological polar surface area (TPSA) is 58.6 Å². The van der Waals surface area contributed by atoms with E-state index < -0.39 is 5.97 Å². The first kappa shape index (κ1) is 13.0. The summed E-state index contributed by atoms with van der Waals surface area (Å²) >= 11 is 6.04. The van der Waals surface area contributed by atoms with E-state index in [1.54, 1.807) is 0 Å². The van der Waals surface area contributed by atoms with E-state index in [0.29, 0.717) is 11.5 Å². The highest BCUT2D eigenvalue weighted by Gasteiger charge is 2.21. The summed E-state index contributed by atoms with van der Waals surface area (Å²) in [7, 11) is 1.45. The fourth-order valence-corrected chi connectivity index (χ4v) is 2.38. The van der Waals surface area contributed by atoms with E-state index in [0.717, 1.165) is 25.7 Å². The Balaban J connectivity index is 2.30. The van der Waals surface area contributed by atoms with Crippen molar-refractivity contribution >= 4 is 17.6 Å². The number of hydrogen-bond acceptors (Lipinski definition) is 4. The standard InChI is InChI=1S/C13H15ClO4/c1-17-11-7-8(13(15)16)6-10(14)12(11)18-9-4-2-3-5-9/h6-7,9H,2-5H2,1H3,(H,15,16)/p-1. The second-order valence-corrected chi connectivity index (χ2v) is 4.71. The molecular weight excluding hydrogens is 256 g/mol. The Morgan fingerprint density at radius 3 is 2.61 bits per heavy atom. The van der Waals surface area contributed by atoms with Gasteiger partial charge in [0.15, 0.2) is 11.5 Å². The van der Waals surface area contributed by atoms with Crippen LogP contribution in [0, 0.1) is 0 Å². The van der Waals surface area contributed by atoms with Gasteiger partial charge in [-0.15, -0.1) is 0 Å². The molecule has 1 aromatic rings. The fourth-order valence-electron chi connectivity index (χ4n) is 2.12. The van der Waals surface area contributed by atoms with Crippen LogP contribution in [-0.2, 0) is 0 Å². The number of benzene rings is 1. The van der Waals surface area contributed by atoms with Crippen LogP contribution in [-0.4, -0.2) is 19.2 Å². The molecule has 0 bridgehead atoms. The third-order valence-corrected chi connectivity index (χ3v) is 3.33. The lowest BCUT2D eigenvalue weighted by Crippen LogP contribution is -2.22. The first-order valence-electron chi connectivity index (χ1n) is 5.87. The van der Waals surface area contributed by atoms with Crippen LogP contribution in [0.25, 0.3) is 0 Å². The summed E-state index contributed by atoms with van der Waals surface area (Å²) in [6.45, 7) is 0. The zero-order valence-corrected chi connectivity index (χ0v) is 10.8. The van der Waals surface area contributed by atoms with Crippen molar-refractivity contribution in [2.45, 2.75) is 31.8 Å². The normalized spacial score (nSPS) is 15.7. The molecule has 1 aromatic carbocycles. The number of ether oxygens (including phenoxy) is 2. The molecular formula is C13H14ClO4-. The zero-order chi connectivity index (χ0) is 13.1. The molecule has 0 saturated heterocycles. The maximum atomic E-state index is 10.8. The molecule has 98 valence electrons. The van der Waals surface area contributed by atoms with Crippen LogP contribution < -0.4 is 14.6 Å². The molecule has 1 aliphatic carbocycles. The molecule has 4 nitrogen and oxygen atoms in total. The average Bonchev–Trinajstić information content (AvgIpc) is 2.84. The van der Waals surface area contributed by atoms with Gasteiger partial charge in [0, 0.05) is 5.56 Å². The lowest BCUT2D eigenvalue weighted by atomic mass is 10.2. The molecule has 0 N–H and O–H groups in total. The number of methoxy groups -OCH3 is 1. The highest BCUT2D eigenvalue weighted by molar-refractivity contribution is 6.32. The maximum Gasteiger partial charge on any atom is 0.180 e. The number of aromatic carboxylic acids is 1. The van der Waals surface area contributed by atoms with Crippen molar-refractivity contribution in [1.29, 1.82) is 0 Å². The smallest absolute Gasteiger partial charge is 0.180 e. The lowest BCUT2D eigenvalue weighted by molar-refractivity contribution is -0.255. The van der Waals surface area contributed by atoms with Crippen LogP contribution in [0.5, 0.6) is 11.5 Å². The Morgan fingerprint density at radius 1 is 1.39 bits per heavy atom. The molecule has 1 fully saturated rings. The number of carbonyl (C=O) groups is 1. The molecule has 0 spiro atoms. The predicted octanol–water partition coefficient (Wildman–Crippen LogP) is 2.03. The predicted molar refractivity (Wildman–Crippen MR) is 65.2 cm³/mol. The number of rotatable bonds is 4. The maximum absolute atomic E-state index is 10.8. The Morgan fingerprint density at radius 2 is 2.06 bits per heavy atom. The van der Waals surface area contributed by atoms with Gasteiger partial charge in [0.2, 0.25) is 0 Å². The van der Waals surface area contributed by atoms with Crippen LogP contribution >= 0.6 is 11.6 Å². The van der Waals surface area contributed by atoms with Crippen LogP contribution in [0.3, 0.4) is 0 Å². The molecule has 0 heterocycles. The summed E-state index contributed by atoms with van der Waals surface area (Å²) in [6, 6.07) is 2.69. The average molecular weight is 270 g/mol. The molecule has 1 saturated carbocycles. The highest BCUT2D eigenvalue weighted by atomic mass is 35.5. The Bertz CT molecular complexity index is 453. The van der Waals surface area contributed by atoms with Crippen molar-refractivity contribution in [2.24, 2.45) is 0 Å². The minimum absolute atomic E-state index is 0.0179. The SMILES string of the molecule is COc1cc(C(=O)[O-])cc(Cl)c1OC1CCCC1. The highest BCUT2D eigenvalue weighted by Crippen LogP contribution is 2.38. The van der Waals surface area contributed by atoms with Crippen LogP contribution in [0.2, 0.25) is 5.02 Å². The molecule has 18 heavy (non-hydrogen) atoms. The Kier molecular flexibility index (Phi) is 3.97. The number of hydrogen-bond donors (Lipinski definition) is 0. The van der Waals surface area contributed by atoms with Gasteiger partial charge in [-0.25, -0.2) is 0 Å². The minimum Gasteiger partial charge on any atom is -0.545 e. The van der Waals surface area contributed by atoms with Crippen molar-refractivity contribution in [1.82, 2.24) is 0 Å². The van der Waals surface area contributed by atoms with E-state index in [-0.39, 0.29) is 16.7 Å². The van der Waals surface area contributed by atoms with Crippen molar-refractivity contribution in [3.05, 3.63) is 22.7 Å². The molecule has 0 amide bonds. The van der Waals surface area contributed by atoms with Gasteiger partial charge in [-0.2, -0.15) is 0 Å². The summed E-state index contributed by atoms with van der Waals surface area (Å²) in [4.78, 5) is 10.8. The number of carbonyl (C=O) groups excluding carboxylic acids is 1. The fraction of sp³-hybridized carbons (Fsp3) is 0.462. The van der Waals surface area contributed by atoms with Crippen LogP contribution in [0.4, 0.5) is 0 Å². The second kappa shape index (κ2) is 5.48. The van der Waals surface area contributed by atoms with Crippen molar-refractivity contribution in [3.63, 3.8) is 0 Å². The largest absolute Gasteiger partial charge is 0.545 e. The summed E-state index contributed by atoms with van der Waals surface area (Å²) in [5.41, 5.74) is -0.0179. The molecule has 0 atom stereocenters. The summed E-state index contributed by atoms with van der Waals surface area (Å²) in [5, 5.41) is 11.0. The first-order chi connectivity index (χ1) is 8.61. The third-order valence-electron chi connectivity index (χ3n) is 3.05. The van der Waals surface area contributed by atoms with Crippen LogP contribution in [0.15, 0.2) is 12.1 Å². The first-order valence-corrected chi connectivity index (χ1v) is 6.25. The van der Waals surface area contributed by atoms with Crippen molar-refractivity contribution in [3.8, 4) is 11.5 Å². The molecule has 5 heteroatoms. The number of carboxylic acids is 1. The molecule has 0 radical (unpaired) electrons. The van der Waals surface area contributed by atoms with Gasteiger partial charge in [0.05, 0.1) is 24.2 Å². The third kappa shape index (κ3) is 2.70. The van der Waals surface area contributed by atoms with E-state index in [1.807, 2.05) is 0 Å². The van der Waals surface area contributed by atoms with Gasteiger partial charge in [0.25, 0.3) is 0 Å². The number of halogens is 1. The van der Waals surface area contributed by atoms with Crippen molar-refractivity contribution < 1.29 is 19.4 Å². The van der Waals surface area contributed by atoms with E-state index in [4.69, 9.17) is 21.1 Å². The van der Waals surface area contributed by atoms with Gasteiger partial charge in [0.1, 0.15) is 0 Å². The Labute approximate surface area is 110 Å². The van der Waals surface area contributed by atoms with E-state index >= 15 is 0 Å². The van der Waals surface area contributed by atoms with E-state index in [9.17, 15) is 9.90 Å². The molecule has 2 rings (SSSR count). The summed E-state index contributed by atoms with van der Waals surface area (Å²) in [5.74, 6) is -0.549. The second-order valence-electron chi connectivity index (χ2n) is 4.30. The van der Waals surface area contributed by atoms with Gasteiger partial charge in [-0.3, -0.25) is 0 Å².